The standard InChI is InChI=1S/C15H18N2O/c1-2-11-9-15(18)13-10-12(5-6-14(13)16-11)17-7-3-4-8-17/h5-6,9-10H,2-4,7-8H2,1H3,(H,16,18). The van der Waals surface area contributed by atoms with Crippen molar-refractivity contribution < 1.29 is 0 Å². The van der Waals surface area contributed by atoms with Gasteiger partial charge >= 0.3 is 0 Å². The van der Waals surface area contributed by atoms with E-state index in [2.05, 4.69) is 22.9 Å². The first-order valence-electron chi connectivity index (χ1n) is 6.69. The molecule has 3 nitrogen and oxygen atoms in total. The summed E-state index contributed by atoms with van der Waals surface area (Å²) in [5.74, 6) is 0. The van der Waals surface area contributed by atoms with E-state index in [1.54, 1.807) is 6.07 Å². The van der Waals surface area contributed by atoms with E-state index in [0.717, 1.165) is 36.1 Å². The molecule has 0 aliphatic carbocycles. The molecule has 1 N–H and O–H groups in total. The van der Waals surface area contributed by atoms with E-state index in [1.807, 2.05) is 12.1 Å². The Morgan fingerprint density at radius 2 is 2.00 bits per heavy atom. The third-order valence-corrected chi connectivity index (χ3v) is 3.72. The van der Waals surface area contributed by atoms with Crippen molar-refractivity contribution in [1.82, 2.24) is 4.98 Å². The molecular weight excluding hydrogens is 224 g/mol. The van der Waals surface area contributed by atoms with Crippen molar-refractivity contribution in [2.75, 3.05) is 18.0 Å². The zero-order chi connectivity index (χ0) is 12.5. The number of fused-ring (bicyclic) bond motifs is 1. The average Bonchev–Trinajstić information content (AvgIpc) is 2.92. The maximum atomic E-state index is 12.1. The lowest BCUT2D eigenvalue weighted by Crippen LogP contribution is -2.18. The highest BCUT2D eigenvalue weighted by Gasteiger charge is 2.13. The quantitative estimate of drug-likeness (QED) is 0.879. The van der Waals surface area contributed by atoms with E-state index in [9.17, 15) is 4.79 Å². The molecule has 1 fully saturated rings. The molecule has 1 aromatic carbocycles. The van der Waals surface area contributed by atoms with Crippen molar-refractivity contribution >= 4 is 16.6 Å². The van der Waals surface area contributed by atoms with Crippen molar-refractivity contribution in [3.8, 4) is 0 Å². The highest BCUT2D eigenvalue weighted by Crippen LogP contribution is 2.23. The van der Waals surface area contributed by atoms with Crippen molar-refractivity contribution in [2.24, 2.45) is 0 Å². The van der Waals surface area contributed by atoms with Gasteiger partial charge in [-0.2, -0.15) is 0 Å². The van der Waals surface area contributed by atoms with Gasteiger partial charge in [0.05, 0.1) is 0 Å². The monoisotopic (exact) mass is 242 g/mol. The molecule has 3 heteroatoms. The minimum absolute atomic E-state index is 0.127. The first-order chi connectivity index (χ1) is 8.78. The summed E-state index contributed by atoms with van der Waals surface area (Å²) < 4.78 is 0. The normalized spacial score (nSPS) is 15.5. The SMILES string of the molecule is CCc1cc(=O)c2cc(N3CCCC3)ccc2[nH]1. The summed E-state index contributed by atoms with van der Waals surface area (Å²) in [7, 11) is 0. The maximum Gasteiger partial charge on any atom is 0.189 e. The summed E-state index contributed by atoms with van der Waals surface area (Å²) >= 11 is 0. The van der Waals surface area contributed by atoms with E-state index in [4.69, 9.17) is 0 Å². The minimum Gasteiger partial charge on any atom is -0.372 e. The van der Waals surface area contributed by atoms with E-state index in [1.165, 1.54) is 18.5 Å². The van der Waals surface area contributed by atoms with Crippen molar-refractivity contribution in [2.45, 2.75) is 26.2 Å². The number of rotatable bonds is 2. The first kappa shape index (κ1) is 11.3. The van der Waals surface area contributed by atoms with Crippen LogP contribution in [0.25, 0.3) is 10.9 Å². The summed E-state index contributed by atoms with van der Waals surface area (Å²) in [6, 6.07) is 7.89. The van der Waals surface area contributed by atoms with Crippen LogP contribution in [0, 0.1) is 0 Å². The molecule has 1 aliphatic rings. The summed E-state index contributed by atoms with van der Waals surface area (Å²) in [5, 5.41) is 0.802. The molecule has 1 saturated heterocycles. The maximum absolute atomic E-state index is 12.1. The molecule has 0 unspecified atom stereocenters. The number of benzene rings is 1. The summed E-state index contributed by atoms with van der Waals surface area (Å²) in [4.78, 5) is 17.8. The van der Waals surface area contributed by atoms with Crippen LogP contribution in [0.15, 0.2) is 29.1 Å². The van der Waals surface area contributed by atoms with Crippen LogP contribution >= 0.6 is 0 Å². The van der Waals surface area contributed by atoms with Gasteiger partial charge in [-0.25, -0.2) is 0 Å². The number of nitrogens with zero attached hydrogens (tertiary/aromatic N) is 1. The van der Waals surface area contributed by atoms with Gasteiger partial charge in [0.2, 0.25) is 0 Å². The van der Waals surface area contributed by atoms with Crippen LogP contribution in [-0.2, 0) is 6.42 Å². The van der Waals surface area contributed by atoms with Gasteiger partial charge in [-0.05, 0) is 37.5 Å². The van der Waals surface area contributed by atoms with Gasteiger partial charge in [0.25, 0.3) is 0 Å². The first-order valence-corrected chi connectivity index (χ1v) is 6.69. The molecule has 2 heterocycles. The van der Waals surface area contributed by atoms with Crippen LogP contribution in [0.4, 0.5) is 5.69 Å². The van der Waals surface area contributed by atoms with Crippen LogP contribution in [0.1, 0.15) is 25.5 Å². The number of H-pyrrole nitrogens is 1. The molecule has 1 aromatic heterocycles. The number of aromatic nitrogens is 1. The number of nitrogens with one attached hydrogen (secondary N) is 1. The number of hydrogen-bond acceptors (Lipinski definition) is 2. The Kier molecular flexibility index (Phi) is 2.82. The van der Waals surface area contributed by atoms with Crippen molar-refractivity contribution in [1.29, 1.82) is 0 Å². The summed E-state index contributed by atoms with van der Waals surface area (Å²) in [6.45, 7) is 4.27. The molecule has 0 radical (unpaired) electrons. The summed E-state index contributed by atoms with van der Waals surface area (Å²) in [5.41, 5.74) is 3.25. The predicted molar refractivity (Wildman–Crippen MR) is 75.4 cm³/mol. The average molecular weight is 242 g/mol. The van der Waals surface area contributed by atoms with Crippen LogP contribution in [0.5, 0.6) is 0 Å². The topological polar surface area (TPSA) is 36.1 Å². The molecule has 0 saturated carbocycles. The largest absolute Gasteiger partial charge is 0.372 e. The Morgan fingerprint density at radius 1 is 1.22 bits per heavy atom. The second kappa shape index (κ2) is 4.48. The highest BCUT2D eigenvalue weighted by atomic mass is 16.1. The highest BCUT2D eigenvalue weighted by molar-refractivity contribution is 5.82. The van der Waals surface area contributed by atoms with Crippen molar-refractivity contribution in [3.05, 3.63) is 40.2 Å². The molecule has 0 amide bonds. The van der Waals surface area contributed by atoms with Crippen LogP contribution in [-0.4, -0.2) is 18.1 Å². The molecule has 0 spiro atoms. The molecule has 2 aromatic rings. The van der Waals surface area contributed by atoms with Crippen LogP contribution in [0.3, 0.4) is 0 Å². The van der Waals surface area contributed by atoms with Crippen LogP contribution in [0.2, 0.25) is 0 Å². The molecule has 0 bridgehead atoms. The molecule has 94 valence electrons. The zero-order valence-corrected chi connectivity index (χ0v) is 10.7. The van der Waals surface area contributed by atoms with Gasteiger partial charge in [-0.15, -0.1) is 0 Å². The third kappa shape index (κ3) is 1.90. The number of aryl methyl sites for hydroxylation is 1. The number of hydrogen-bond donors (Lipinski definition) is 1. The second-order valence-electron chi connectivity index (χ2n) is 4.94. The lowest BCUT2D eigenvalue weighted by atomic mass is 10.1. The Hall–Kier alpha value is -1.77. The summed E-state index contributed by atoms with van der Waals surface area (Å²) in [6.07, 6.45) is 3.37. The fourth-order valence-electron chi connectivity index (χ4n) is 2.65. The van der Waals surface area contributed by atoms with E-state index >= 15 is 0 Å². The van der Waals surface area contributed by atoms with Crippen LogP contribution < -0.4 is 10.3 Å². The van der Waals surface area contributed by atoms with Gasteiger partial charge in [0.15, 0.2) is 5.43 Å². The van der Waals surface area contributed by atoms with Gasteiger partial charge in [0.1, 0.15) is 0 Å². The minimum atomic E-state index is 0.127. The number of anilines is 1. The van der Waals surface area contributed by atoms with E-state index in [0.29, 0.717) is 0 Å². The Bertz CT molecular complexity index is 624. The number of pyridine rings is 1. The molecule has 18 heavy (non-hydrogen) atoms. The van der Waals surface area contributed by atoms with E-state index < -0.39 is 0 Å². The molecule has 1 aliphatic heterocycles. The molecule has 0 atom stereocenters. The lowest BCUT2D eigenvalue weighted by molar-refractivity contribution is 0.949. The fraction of sp³-hybridized carbons (Fsp3) is 0.400. The van der Waals surface area contributed by atoms with E-state index in [-0.39, 0.29) is 5.43 Å². The predicted octanol–water partition coefficient (Wildman–Crippen LogP) is 2.69. The molecular formula is C15H18N2O. The van der Waals surface area contributed by atoms with Gasteiger partial charge < -0.3 is 9.88 Å². The number of aromatic amines is 1. The lowest BCUT2D eigenvalue weighted by Gasteiger charge is -2.17. The second-order valence-corrected chi connectivity index (χ2v) is 4.94. The van der Waals surface area contributed by atoms with Gasteiger partial charge in [0, 0.05) is 41.4 Å². The Morgan fingerprint density at radius 3 is 2.72 bits per heavy atom. The molecule has 3 rings (SSSR count). The van der Waals surface area contributed by atoms with Gasteiger partial charge in [-0.3, -0.25) is 4.79 Å². The van der Waals surface area contributed by atoms with Gasteiger partial charge in [-0.1, -0.05) is 6.92 Å². The zero-order valence-electron chi connectivity index (χ0n) is 10.7. The third-order valence-electron chi connectivity index (χ3n) is 3.72. The fourth-order valence-corrected chi connectivity index (χ4v) is 2.65. The smallest absolute Gasteiger partial charge is 0.189 e. The Balaban J connectivity index is 2.11. The van der Waals surface area contributed by atoms with Crippen molar-refractivity contribution in [3.63, 3.8) is 0 Å². The Labute approximate surface area is 106 Å².